The lowest BCUT2D eigenvalue weighted by Gasteiger charge is -2.17. The Morgan fingerprint density at radius 2 is 2.05 bits per heavy atom. The van der Waals surface area contributed by atoms with Crippen LogP contribution in [0.5, 0.6) is 0 Å². The lowest BCUT2D eigenvalue weighted by atomic mass is 9.99. The minimum atomic E-state index is -0.498. The highest BCUT2D eigenvalue weighted by Crippen LogP contribution is 2.07. The largest absolute Gasteiger partial charge is 0.355 e. The van der Waals surface area contributed by atoms with Crippen LogP contribution >= 0.6 is 0 Å². The summed E-state index contributed by atoms with van der Waals surface area (Å²) >= 11 is 0. The van der Waals surface area contributed by atoms with Gasteiger partial charge in [0.2, 0.25) is 5.91 Å². The molecule has 0 fully saturated rings. The average Bonchev–Trinajstić information content (AvgIpc) is 2.50. The van der Waals surface area contributed by atoms with Crippen LogP contribution in [0.1, 0.15) is 36.2 Å². The van der Waals surface area contributed by atoms with Crippen molar-refractivity contribution in [2.75, 3.05) is 7.05 Å². The highest BCUT2D eigenvalue weighted by atomic mass is 16.2. The number of nitrogens with one attached hydrogen (secondary N) is 2. The van der Waals surface area contributed by atoms with Crippen molar-refractivity contribution in [2.24, 2.45) is 11.7 Å². The fourth-order valence-electron chi connectivity index (χ4n) is 1.79. The predicted molar refractivity (Wildman–Crippen MR) is 79.1 cm³/mol. The van der Waals surface area contributed by atoms with Crippen LogP contribution in [0.4, 0.5) is 0 Å². The first-order valence-corrected chi connectivity index (χ1v) is 6.83. The first-order valence-electron chi connectivity index (χ1n) is 6.83. The molecule has 0 saturated carbocycles. The third-order valence-electron chi connectivity index (χ3n) is 3.44. The number of carbonyl (C=O) groups is 2. The molecule has 2 amide bonds. The number of benzene rings is 1. The Morgan fingerprint density at radius 3 is 2.65 bits per heavy atom. The maximum absolute atomic E-state index is 11.9. The number of rotatable bonds is 6. The quantitative estimate of drug-likeness (QED) is 0.726. The molecular weight excluding hydrogens is 254 g/mol. The molecule has 0 aliphatic rings. The van der Waals surface area contributed by atoms with E-state index >= 15 is 0 Å². The van der Waals surface area contributed by atoms with E-state index in [9.17, 15) is 9.59 Å². The molecule has 0 radical (unpaired) electrons. The van der Waals surface area contributed by atoms with Crippen molar-refractivity contribution in [1.82, 2.24) is 10.6 Å². The van der Waals surface area contributed by atoms with Gasteiger partial charge in [-0.25, -0.2) is 0 Å². The SMILES string of the molecule is CCC(C)C(N)C(=O)NCc1cccc(C(=O)NC)c1. The van der Waals surface area contributed by atoms with Gasteiger partial charge in [-0.15, -0.1) is 0 Å². The molecule has 0 aromatic heterocycles. The lowest BCUT2D eigenvalue weighted by Crippen LogP contribution is -2.44. The second kappa shape index (κ2) is 7.65. The Bertz CT molecular complexity index is 474. The van der Waals surface area contributed by atoms with Gasteiger partial charge in [-0.2, -0.15) is 0 Å². The number of hydrogen-bond donors (Lipinski definition) is 3. The maximum atomic E-state index is 11.9. The molecule has 0 heterocycles. The first-order chi connectivity index (χ1) is 9.49. The Labute approximate surface area is 119 Å². The van der Waals surface area contributed by atoms with Gasteiger partial charge in [0.1, 0.15) is 0 Å². The normalized spacial score (nSPS) is 13.4. The zero-order valence-corrected chi connectivity index (χ0v) is 12.3. The Kier molecular flexibility index (Phi) is 6.18. The Hall–Kier alpha value is -1.88. The van der Waals surface area contributed by atoms with Crippen LogP contribution in [0.2, 0.25) is 0 Å². The molecule has 4 N–H and O–H groups in total. The van der Waals surface area contributed by atoms with Crippen molar-refractivity contribution in [3.63, 3.8) is 0 Å². The molecule has 110 valence electrons. The molecule has 5 nitrogen and oxygen atoms in total. The van der Waals surface area contributed by atoms with Crippen molar-refractivity contribution in [3.05, 3.63) is 35.4 Å². The van der Waals surface area contributed by atoms with Crippen LogP contribution in [0.3, 0.4) is 0 Å². The molecule has 20 heavy (non-hydrogen) atoms. The van der Waals surface area contributed by atoms with E-state index in [2.05, 4.69) is 10.6 Å². The van der Waals surface area contributed by atoms with E-state index in [0.29, 0.717) is 12.1 Å². The van der Waals surface area contributed by atoms with Crippen LogP contribution in [0.15, 0.2) is 24.3 Å². The van der Waals surface area contributed by atoms with Crippen LogP contribution in [-0.4, -0.2) is 24.9 Å². The summed E-state index contributed by atoms with van der Waals surface area (Å²) in [6.45, 7) is 4.33. The van der Waals surface area contributed by atoms with Gasteiger partial charge in [0.25, 0.3) is 5.91 Å². The molecule has 1 aromatic rings. The van der Waals surface area contributed by atoms with E-state index in [-0.39, 0.29) is 17.7 Å². The van der Waals surface area contributed by atoms with E-state index in [0.717, 1.165) is 12.0 Å². The molecule has 0 bridgehead atoms. The second-order valence-electron chi connectivity index (χ2n) is 4.91. The predicted octanol–water partition coefficient (Wildman–Crippen LogP) is 1.04. The summed E-state index contributed by atoms with van der Waals surface area (Å²) in [4.78, 5) is 23.4. The summed E-state index contributed by atoms with van der Waals surface area (Å²) in [5, 5.41) is 5.37. The molecule has 1 aromatic carbocycles. The lowest BCUT2D eigenvalue weighted by molar-refractivity contribution is -0.123. The van der Waals surface area contributed by atoms with E-state index in [4.69, 9.17) is 5.73 Å². The highest BCUT2D eigenvalue weighted by molar-refractivity contribution is 5.94. The molecule has 0 spiro atoms. The molecule has 0 saturated heterocycles. The van der Waals surface area contributed by atoms with E-state index in [1.807, 2.05) is 19.9 Å². The number of amides is 2. The monoisotopic (exact) mass is 277 g/mol. The van der Waals surface area contributed by atoms with Gasteiger partial charge in [0, 0.05) is 19.2 Å². The third kappa shape index (κ3) is 4.35. The third-order valence-corrected chi connectivity index (χ3v) is 3.44. The van der Waals surface area contributed by atoms with Gasteiger partial charge in [-0.3, -0.25) is 9.59 Å². The van der Waals surface area contributed by atoms with E-state index in [1.165, 1.54) is 0 Å². The summed E-state index contributed by atoms with van der Waals surface area (Å²) in [6, 6.07) is 6.65. The van der Waals surface area contributed by atoms with Crippen molar-refractivity contribution < 1.29 is 9.59 Å². The van der Waals surface area contributed by atoms with Gasteiger partial charge in [0.05, 0.1) is 6.04 Å². The molecule has 2 unspecified atom stereocenters. The van der Waals surface area contributed by atoms with Gasteiger partial charge < -0.3 is 16.4 Å². The van der Waals surface area contributed by atoms with Crippen molar-refractivity contribution in [3.8, 4) is 0 Å². The van der Waals surface area contributed by atoms with Gasteiger partial charge in [-0.1, -0.05) is 32.4 Å². The van der Waals surface area contributed by atoms with Crippen molar-refractivity contribution in [2.45, 2.75) is 32.9 Å². The number of hydrogen-bond acceptors (Lipinski definition) is 3. The standard InChI is InChI=1S/C15H23N3O2/c1-4-10(2)13(16)15(20)18-9-11-6-5-7-12(8-11)14(19)17-3/h5-8,10,13H,4,9,16H2,1-3H3,(H,17,19)(H,18,20). The summed E-state index contributed by atoms with van der Waals surface area (Å²) in [5.74, 6) is -0.161. The molecule has 2 atom stereocenters. The van der Waals surface area contributed by atoms with Crippen LogP contribution in [0.25, 0.3) is 0 Å². The molecule has 0 aliphatic heterocycles. The summed E-state index contributed by atoms with van der Waals surface area (Å²) < 4.78 is 0. The summed E-state index contributed by atoms with van der Waals surface area (Å²) in [7, 11) is 1.59. The molecule has 5 heteroatoms. The molecular formula is C15H23N3O2. The Balaban J connectivity index is 2.62. The first kappa shape index (κ1) is 16.2. The van der Waals surface area contributed by atoms with Gasteiger partial charge in [-0.05, 0) is 23.6 Å². The second-order valence-corrected chi connectivity index (χ2v) is 4.91. The highest BCUT2D eigenvalue weighted by Gasteiger charge is 2.18. The number of carbonyl (C=O) groups excluding carboxylic acids is 2. The average molecular weight is 277 g/mol. The topological polar surface area (TPSA) is 84.2 Å². The zero-order chi connectivity index (χ0) is 15.1. The minimum Gasteiger partial charge on any atom is -0.355 e. The smallest absolute Gasteiger partial charge is 0.251 e. The van der Waals surface area contributed by atoms with E-state index < -0.39 is 6.04 Å². The Morgan fingerprint density at radius 1 is 1.35 bits per heavy atom. The van der Waals surface area contributed by atoms with E-state index in [1.54, 1.807) is 25.2 Å². The maximum Gasteiger partial charge on any atom is 0.251 e. The minimum absolute atomic E-state index is 0.144. The fraction of sp³-hybridized carbons (Fsp3) is 0.467. The zero-order valence-electron chi connectivity index (χ0n) is 12.3. The summed E-state index contributed by atoms with van der Waals surface area (Å²) in [5.41, 5.74) is 7.30. The fourth-order valence-corrected chi connectivity index (χ4v) is 1.79. The number of nitrogens with two attached hydrogens (primary N) is 1. The van der Waals surface area contributed by atoms with Crippen LogP contribution < -0.4 is 16.4 Å². The van der Waals surface area contributed by atoms with Gasteiger partial charge >= 0.3 is 0 Å². The van der Waals surface area contributed by atoms with Crippen LogP contribution in [-0.2, 0) is 11.3 Å². The molecule has 0 aliphatic carbocycles. The van der Waals surface area contributed by atoms with Crippen molar-refractivity contribution >= 4 is 11.8 Å². The summed E-state index contributed by atoms with van der Waals surface area (Å²) in [6.07, 6.45) is 0.862. The van der Waals surface area contributed by atoms with Gasteiger partial charge in [0.15, 0.2) is 0 Å². The van der Waals surface area contributed by atoms with Crippen LogP contribution in [0, 0.1) is 5.92 Å². The van der Waals surface area contributed by atoms with Crippen molar-refractivity contribution in [1.29, 1.82) is 0 Å². The molecule has 1 rings (SSSR count).